The summed E-state index contributed by atoms with van der Waals surface area (Å²) < 4.78 is 18.5. The van der Waals surface area contributed by atoms with Crippen LogP contribution in [-0.2, 0) is 0 Å². The van der Waals surface area contributed by atoms with Gasteiger partial charge >= 0.3 is 0 Å². The Hall–Kier alpha value is -1.57. The topological polar surface area (TPSA) is 13.1 Å². The summed E-state index contributed by atoms with van der Waals surface area (Å²) >= 11 is 0. The van der Waals surface area contributed by atoms with Crippen molar-refractivity contribution in [3.8, 4) is 11.3 Å². The molecule has 0 atom stereocenters. The summed E-state index contributed by atoms with van der Waals surface area (Å²) in [4.78, 5) is 0. The highest BCUT2D eigenvalue weighted by Gasteiger charge is 2.04. The van der Waals surface area contributed by atoms with Gasteiger partial charge in [-0.25, -0.2) is 4.39 Å². The Labute approximate surface area is 82.2 Å². The summed E-state index contributed by atoms with van der Waals surface area (Å²) in [6.07, 6.45) is 0. The Morgan fingerprint density at radius 1 is 1.07 bits per heavy atom. The lowest BCUT2D eigenvalue weighted by Crippen LogP contribution is -1.81. The normalized spacial score (nSPS) is 10.5. The highest BCUT2D eigenvalue weighted by atomic mass is 19.1. The number of aryl methyl sites for hydroxylation is 2. The summed E-state index contributed by atoms with van der Waals surface area (Å²) in [6, 6.07) is 8.60. The minimum absolute atomic E-state index is 0.228. The van der Waals surface area contributed by atoms with Crippen LogP contribution in [0.3, 0.4) is 0 Å². The van der Waals surface area contributed by atoms with Gasteiger partial charge in [0.1, 0.15) is 17.3 Å². The molecule has 1 aromatic carbocycles. The van der Waals surface area contributed by atoms with Gasteiger partial charge in [-0.05, 0) is 49.7 Å². The van der Waals surface area contributed by atoms with Gasteiger partial charge < -0.3 is 4.42 Å². The van der Waals surface area contributed by atoms with Gasteiger partial charge in [0, 0.05) is 5.56 Å². The third-order valence-electron chi connectivity index (χ3n) is 2.07. The van der Waals surface area contributed by atoms with E-state index >= 15 is 0 Å². The van der Waals surface area contributed by atoms with Crippen molar-refractivity contribution < 1.29 is 8.81 Å². The Kier molecular flexibility index (Phi) is 2.12. The van der Waals surface area contributed by atoms with E-state index in [0.717, 1.165) is 16.9 Å². The lowest BCUT2D eigenvalue weighted by molar-refractivity contribution is 0.547. The fourth-order valence-corrected chi connectivity index (χ4v) is 1.47. The third-order valence-corrected chi connectivity index (χ3v) is 2.07. The minimum Gasteiger partial charge on any atom is -0.461 e. The summed E-state index contributed by atoms with van der Waals surface area (Å²) in [5, 5.41) is 0. The molecular weight excluding hydrogens is 179 g/mol. The van der Waals surface area contributed by atoms with Crippen molar-refractivity contribution in [1.29, 1.82) is 0 Å². The van der Waals surface area contributed by atoms with Gasteiger partial charge in [0.25, 0.3) is 0 Å². The first-order chi connectivity index (χ1) is 6.65. The second-order valence-electron chi connectivity index (χ2n) is 3.43. The average Bonchev–Trinajstić information content (AvgIpc) is 2.50. The summed E-state index contributed by atoms with van der Waals surface area (Å²) in [5.41, 5.74) is 1.68. The van der Waals surface area contributed by atoms with Crippen molar-refractivity contribution in [2.75, 3.05) is 0 Å². The van der Waals surface area contributed by atoms with Crippen molar-refractivity contribution in [2.24, 2.45) is 0 Å². The van der Waals surface area contributed by atoms with E-state index in [2.05, 4.69) is 0 Å². The quantitative estimate of drug-likeness (QED) is 0.668. The molecule has 0 bridgehead atoms. The third kappa shape index (κ3) is 1.69. The number of furan rings is 1. The monoisotopic (exact) mass is 190 g/mol. The molecule has 1 heterocycles. The minimum atomic E-state index is -0.228. The van der Waals surface area contributed by atoms with Crippen LogP contribution in [0.15, 0.2) is 34.7 Å². The molecule has 72 valence electrons. The Bertz CT molecular complexity index is 437. The first-order valence-electron chi connectivity index (χ1n) is 4.49. The van der Waals surface area contributed by atoms with Gasteiger partial charge in [-0.1, -0.05) is 0 Å². The largest absolute Gasteiger partial charge is 0.461 e. The molecule has 1 nitrogen and oxygen atoms in total. The molecule has 0 aliphatic carbocycles. The van der Waals surface area contributed by atoms with Gasteiger partial charge in [-0.2, -0.15) is 0 Å². The predicted octanol–water partition coefficient (Wildman–Crippen LogP) is 3.70. The SMILES string of the molecule is Cc1cc(F)cc(-c2ccc(C)o2)c1. The Morgan fingerprint density at radius 3 is 2.43 bits per heavy atom. The second kappa shape index (κ2) is 3.29. The summed E-state index contributed by atoms with van der Waals surface area (Å²) in [5.74, 6) is 1.32. The molecule has 0 aliphatic heterocycles. The van der Waals surface area contributed by atoms with Gasteiger partial charge in [0.15, 0.2) is 0 Å². The van der Waals surface area contributed by atoms with Crippen LogP contribution in [0, 0.1) is 19.7 Å². The zero-order valence-corrected chi connectivity index (χ0v) is 8.17. The number of rotatable bonds is 1. The highest BCUT2D eigenvalue weighted by molar-refractivity contribution is 5.58. The van der Waals surface area contributed by atoms with E-state index in [0.29, 0.717) is 5.76 Å². The zero-order chi connectivity index (χ0) is 10.1. The molecule has 0 aliphatic rings. The van der Waals surface area contributed by atoms with E-state index in [4.69, 9.17) is 4.42 Å². The van der Waals surface area contributed by atoms with Crippen molar-refractivity contribution in [1.82, 2.24) is 0 Å². The molecule has 0 N–H and O–H groups in total. The van der Waals surface area contributed by atoms with E-state index in [1.807, 2.05) is 32.0 Å². The lowest BCUT2D eigenvalue weighted by atomic mass is 10.1. The molecule has 2 rings (SSSR count). The van der Waals surface area contributed by atoms with Gasteiger partial charge in [-0.3, -0.25) is 0 Å². The molecule has 0 saturated heterocycles. The molecular formula is C12H11FO. The van der Waals surface area contributed by atoms with Crippen LogP contribution in [0.1, 0.15) is 11.3 Å². The summed E-state index contributed by atoms with van der Waals surface area (Å²) in [6.45, 7) is 3.73. The van der Waals surface area contributed by atoms with E-state index in [1.165, 1.54) is 12.1 Å². The van der Waals surface area contributed by atoms with Crippen LogP contribution in [0.5, 0.6) is 0 Å². The van der Waals surface area contributed by atoms with Crippen LogP contribution in [0.2, 0.25) is 0 Å². The molecule has 0 fully saturated rings. The van der Waals surface area contributed by atoms with Crippen molar-refractivity contribution in [2.45, 2.75) is 13.8 Å². The van der Waals surface area contributed by atoms with Gasteiger partial charge in [0.05, 0.1) is 0 Å². The fraction of sp³-hybridized carbons (Fsp3) is 0.167. The van der Waals surface area contributed by atoms with Crippen molar-refractivity contribution in [3.05, 3.63) is 47.5 Å². The fourth-order valence-electron chi connectivity index (χ4n) is 1.47. The van der Waals surface area contributed by atoms with E-state index < -0.39 is 0 Å². The van der Waals surface area contributed by atoms with Gasteiger partial charge in [0.2, 0.25) is 0 Å². The Balaban J connectivity index is 2.51. The molecule has 2 aromatic rings. The van der Waals surface area contributed by atoms with E-state index in [-0.39, 0.29) is 5.82 Å². The lowest BCUT2D eigenvalue weighted by Gasteiger charge is -1.99. The molecule has 2 heteroatoms. The number of hydrogen-bond acceptors (Lipinski definition) is 1. The molecule has 0 amide bonds. The summed E-state index contributed by atoms with van der Waals surface area (Å²) in [7, 11) is 0. The van der Waals surface area contributed by atoms with E-state index in [9.17, 15) is 4.39 Å². The van der Waals surface area contributed by atoms with Crippen molar-refractivity contribution in [3.63, 3.8) is 0 Å². The average molecular weight is 190 g/mol. The second-order valence-corrected chi connectivity index (χ2v) is 3.43. The van der Waals surface area contributed by atoms with Crippen LogP contribution in [-0.4, -0.2) is 0 Å². The predicted molar refractivity (Wildman–Crippen MR) is 53.6 cm³/mol. The molecule has 1 aromatic heterocycles. The first-order valence-corrected chi connectivity index (χ1v) is 4.49. The smallest absolute Gasteiger partial charge is 0.134 e. The van der Waals surface area contributed by atoms with Crippen LogP contribution < -0.4 is 0 Å². The molecule has 0 radical (unpaired) electrons. The molecule has 14 heavy (non-hydrogen) atoms. The zero-order valence-electron chi connectivity index (χ0n) is 8.17. The number of hydrogen-bond donors (Lipinski definition) is 0. The highest BCUT2D eigenvalue weighted by Crippen LogP contribution is 2.23. The Morgan fingerprint density at radius 2 is 1.86 bits per heavy atom. The number of benzene rings is 1. The maximum Gasteiger partial charge on any atom is 0.134 e. The van der Waals surface area contributed by atoms with Crippen LogP contribution in [0.25, 0.3) is 11.3 Å². The van der Waals surface area contributed by atoms with Gasteiger partial charge in [-0.15, -0.1) is 0 Å². The van der Waals surface area contributed by atoms with E-state index in [1.54, 1.807) is 0 Å². The van der Waals surface area contributed by atoms with Crippen molar-refractivity contribution >= 4 is 0 Å². The molecule has 0 unspecified atom stereocenters. The van der Waals surface area contributed by atoms with Crippen LogP contribution >= 0.6 is 0 Å². The standard InChI is InChI=1S/C12H11FO/c1-8-5-10(7-11(13)6-8)12-4-3-9(2)14-12/h3-7H,1-2H3. The van der Waals surface area contributed by atoms with Crippen LogP contribution in [0.4, 0.5) is 4.39 Å². The first kappa shape index (κ1) is 9.00. The number of halogens is 1. The molecule has 0 saturated carbocycles. The molecule has 0 spiro atoms. The maximum absolute atomic E-state index is 13.1. The maximum atomic E-state index is 13.1.